The fourth-order valence-electron chi connectivity index (χ4n) is 5.50. The van der Waals surface area contributed by atoms with Gasteiger partial charge in [-0.1, -0.05) is 85.0 Å². The number of allylic oxidation sites excluding steroid dienone is 4. The summed E-state index contributed by atoms with van der Waals surface area (Å²) in [6, 6.07) is 31.5. The van der Waals surface area contributed by atoms with E-state index in [1.165, 1.54) is 11.1 Å². The minimum atomic E-state index is -0.0835. The molecule has 0 saturated heterocycles. The fourth-order valence-corrected chi connectivity index (χ4v) is 5.50. The Balaban J connectivity index is 1.59. The number of hydrogen-bond donors (Lipinski definition) is 2. The standard InChI is InChI=1S/C36H32O4/c37-19-21-39-33-17-13-29-23-27(25-7-3-1-4-8-25)11-15-31(29)35(33)36-32-16-12-28(26-9-5-2-6-10-26)24-30(32)14-18-34(36)40-22-20-38/h1,3-5,7-18,23-24,37-38H,2,6,19-22H2. The zero-order valence-corrected chi connectivity index (χ0v) is 22.3. The average molecular weight is 529 g/mol. The maximum atomic E-state index is 9.57. The second-order valence-corrected chi connectivity index (χ2v) is 9.90. The van der Waals surface area contributed by atoms with E-state index in [-0.39, 0.29) is 26.4 Å². The Labute approximate surface area is 234 Å². The van der Waals surface area contributed by atoms with E-state index in [4.69, 9.17) is 9.47 Å². The quantitative estimate of drug-likeness (QED) is 0.205. The molecule has 0 fully saturated rings. The van der Waals surface area contributed by atoms with E-state index in [1.807, 2.05) is 30.3 Å². The third-order valence-electron chi connectivity index (χ3n) is 7.35. The molecule has 0 radical (unpaired) electrons. The van der Waals surface area contributed by atoms with Crippen LogP contribution in [0.4, 0.5) is 0 Å². The Bertz CT molecular complexity index is 1720. The summed E-state index contributed by atoms with van der Waals surface area (Å²) in [6.07, 6.45) is 8.84. The molecule has 5 aromatic rings. The highest BCUT2D eigenvalue weighted by Crippen LogP contribution is 2.46. The summed E-state index contributed by atoms with van der Waals surface area (Å²) in [7, 11) is 0. The summed E-state index contributed by atoms with van der Waals surface area (Å²) in [5.74, 6) is 1.36. The van der Waals surface area contributed by atoms with Gasteiger partial charge in [-0.3, -0.25) is 0 Å². The van der Waals surface area contributed by atoms with Crippen LogP contribution in [0.15, 0.2) is 109 Å². The Kier molecular flexibility index (Phi) is 7.62. The van der Waals surface area contributed by atoms with E-state index in [1.54, 1.807) is 0 Å². The van der Waals surface area contributed by atoms with Crippen LogP contribution in [0.25, 0.3) is 49.4 Å². The number of aliphatic hydroxyl groups excluding tert-OH is 2. The zero-order valence-electron chi connectivity index (χ0n) is 22.3. The van der Waals surface area contributed by atoms with Crippen LogP contribution in [-0.4, -0.2) is 36.6 Å². The van der Waals surface area contributed by atoms with Crippen LogP contribution in [0, 0.1) is 0 Å². The van der Waals surface area contributed by atoms with Gasteiger partial charge in [0, 0.05) is 11.1 Å². The van der Waals surface area contributed by atoms with Gasteiger partial charge in [0.2, 0.25) is 0 Å². The number of aliphatic hydroxyl groups is 2. The van der Waals surface area contributed by atoms with Gasteiger partial charge in [0.05, 0.1) is 13.2 Å². The molecule has 0 aromatic heterocycles. The molecule has 4 heteroatoms. The highest BCUT2D eigenvalue weighted by Gasteiger charge is 2.20. The van der Waals surface area contributed by atoms with Crippen molar-refractivity contribution in [2.45, 2.75) is 12.8 Å². The van der Waals surface area contributed by atoms with Crippen molar-refractivity contribution in [1.29, 1.82) is 0 Å². The van der Waals surface area contributed by atoms with E-state index in [0.29, 0.717) is 11.5 Å². The Morgan fingerprint density at radius 1 is 0.575 bits per heavy atom. The molecular formula is C36H32O4. The van der Waals surface area contributed by atoms with E-state index in [2.05, 4.69) is 78.9 Å². The van der Waals surface area contributed by atoms with Crippen molar-refractivity contribution in [3.8, 4) is 33.8 Å². The van der Waals surface area contributed by atoms with Crippen LogP contribution in [0.5, 0.6) is 11.5 Å². The van der Waals surface area contributed by atoms with Gasteiger partial charge in [0.25, 0.3) is 0 Å². The number of ether oxygens (including phenoxy) is 2. The van der Waals surface area contributed by atoms with Crippen molar-refractivity contribution in [2.24, 2.45) is 0 Å². The van der Waals surface area contributed by atoms with Crippen molar-refractivity contribution < 1.29 is 19.7 Å². The molecule has 0 amide bonds. The molecule has 0 bridgehead atoms. The van der Waals surface area contributed by atoms with E-state index >= 15 is 0 Å². The molecule has 4 nitrogen and oxygen atoms in total. The van der Waals surface area contributed by atoms with Gasteiger partial charge in [-0.15, -0.1) is 0 Å². The zero-order chi connectivity index (χ0) is 27.3. The molecule has 0 aliphatic heterocycles. The largest absolute Gasteiger partial charge is 0.491 e. The predicted octanol–water partition coefficient (Wildman–Crippen LogP) is 7.80. The molecule has 1 aliphatic rings. The van der Waals surface area contributed by atoms with Gasteiger partial charge in [-0.05, 0) is 80.9 Å². The molecule has 0 heterocycles. The number of benzene rings is 5. The van der Waals surface area contributed by atoms with Gasteiger partial charge >= 0.3 is 0 Å². The number of rotatable bonds is 9. The Morgan fingerprint density at radius 3 is 1.75 bits per heavy atom. The molecule has 40 heavy (non-hydrogen) atoms. The van der Waals surface area contributed by atoms with Gasteiger partial charge in [-0.2, -0.15) is 0 Å². The lowest BCUT2D eigenvalue weighted by molar-refractivity contribution is 0.200. The van der Waals surface area contributed by atoms with Crippen molar-refractivity contribution in [3.63, 3.8) is 0 Å². The van der Waals surface area contributed by atoms with Crippen molar-refractivity contribution >= 4 is 27.1 Å². The van der Waals surface area contributed by atoms with Gasteiger partial charge < -0.3 is 19.7 Å². The summed E-state index contributed by atoms with van der Waals surface area (Å²) in [5, 5.41) is 23.4. The van der Waals surface area contributed by atoms with E-state index in [0.717, 1.165) is 56.6 Å². The van der Waals surface area contributed by atoms with E-state index < -0.39 is 0 Å². The SMILES string of the molecule is OCCOc1ccc2cc(C3=CCCC=C3)ccc2c1-c1c(OCCO)ccc2cc(-c3ccccc3)ccc12. The van der Waals surface area contributed by atoms with Crippen molar-refractivity contribution in [3.05, 3.63) is 115 Å². The van der Waals surface area contributed by atoms with Crippen LogP contribution < -0.4 is 9.47 Å². The first-order valence-electron chi connectivity index (χ1n) is 13.8. The molecule has 2 N–H and O–H groups in total. The second kappa shape index (κ2) is 11.8. The summed E-state index contributed by atoms with van der Waals surface area (Å²) >= 11 is 0. The first kappa shape index (κ1) is 25.9. The number of hydrogen-bond acceptors (Lipinski definition) is 4. The lowest BCUT2D eigenvalue weighted by Crippen LogP contribution is -2.05. The third kappa shape index (κ3) is 5.12. The van der Waals surface area contributed by atoms with Gasteiger partial charge in [-0.25, -0.2) is 0 Å². The fraction of sp³-hybridized carbons (Fsp3) is 0.167. The van der Waals surface area contributed by atoms with E-state index in [9.17, 15) is 10.2 Å². The van der Waals surface area contributed by atoms with Crippen molar-refractivity contribution in [2.75, 3.05) is 26.4 Å². The lowest BCUT2D eigenvalue weighted by Gasteiger charge is -2.20. The maximum absolute atomic E-state index is 9.57. The molecule has 200 valence electrons. The van der Waals surface area contributed by atoms with Gasteiger partial charge in [0.15, 0.2) is 0 Å². The minimum Gasteiger partial charge on any atom is -0.491 e. The Hall–Kier alpha value is -4.38. The van der Waals surface area contributed by atoms with Crippen LogP contribution in [0.3, 0.4) is 0 Å². The molecular weight excluding hydrogens is 496 g/mol. The van der Waals surface area contributed by atoms with Crippen LogP contribution in [-0.2, 0) is 0 Å². The van der Waals surface area contributed by atoms with Crippen LogP contribution >= 0.6 is 0 Å². The molecule has 5 aromatic carbocycles. The topological polar surface area (TPSA) is 58.9 Å². The average Bonchev–Trinajstić information content (AvgIpc) is 3.02. The first-order chi connectivity index (χ1) is 19.8. The second-order valence-electron chi connectivity index (χ2n) is 9.90. The number of fused-ring (bicyclic) bond motifs is 2. The lowest BCUT2D eigenvalue weighted by atomic mass is 9.89. The van der Waals surface area contributed by atoms with Gasteiger partial charge in [0.1, 0.15) is 24.7 Å². The minimum absolute atomic E-state index is 0.0826. The molecule has 1 aliphatic carbocycles. The normalized spacial score (nSPS) is 13.0. The first-order valence-corrected chi connectivity index (χ1v) is 13.8. The molecule has 0 spiro atoms. The summed E-state index contributed by atoms with van der Waals surface area (Å²) < 4.78 is 12.2. The molecule has 0 unspecified atom stereocenters. The van der Waals surface area contributed by atoms with Crippen LogP contribution in [0.2, 0.25) is 0 Å². The molecule has 0 saturated carbocycles. The maximum Gasteiger partial charge on any atom is 0.128 e. The third-order valence-corrected chi connectivity index (χ3v) is 7.35. The van der Waals surface area contributed by atoms with Crippen LogP contribution in [0.1, 0.15) is 18.4 Å². The summed E-state index contributed by atoms with van der Waals surface area (Å²) in [6.45, 7) is 0.202. The highest BCUT2D eigenvalue weighted by atomic mass is 16.5. The van der Waals surface area contributed by atoms with Crippen molar-refractivity contribution in [1.82, 2.24) is 0 Å². The monoisotopic (exact) mass is 528 g/mol. The molecule has 0 atom stereocenters. The highest BCUT2D eigenvalue weighted by molar-refractivity contribution is 6.10. The summed E-state index contributed by atoms with van der Waals surface area (Å²) in [4.78, 5) is 0. The molecule has 6 rings (SSSR count). The Morgan fingerprint density at radius 2 is 1.18 bits per heavy atom. The smallest absolute Gasteiger partial charge is 0.128 e. The summed E-state index contributed by atoms with van der Waals surface area (Å²) in [5.41, 5.74) is 6.53. The predicted molar refractivity (Wildman–Crippen MR) is 164 cm³/mol.